The molecular formula is C12H18N2S. The van der Waals surface area contributed by atoms with E-state index >= 15 is 0 Å². The standard InChI is InChI=1S/C12H18N2S/c1-15-14-12(7-9-13-10-8-12)11-5-3-2-4-6-11/h2-6,13-14H,7-10H2,1H3. The molecule has 0 atom stereocenters. The fourth-order valence-electron chi connectivity index (χ4n) is 2.26. The molecule has 15 heavy (non-hydrogen) atoms. The second kappa shape index (κ2) is 5.01. The Balaban J connectivity index is 2.25. The van der Waals surface area contributed by atoms with Crippen LogP contribution in [0.1, 0.15) is 18.4 Å². The maximum absolute atomic E-state index is 3.59. The van der Waals surface area contributed by atoms with Crippen LogP contribution < -0.4 is 10.0 Å². The molecule has 1 aromatic carbocycles. The van der Waals surface area contributed by atoms with Gasteiger partial charge in [0.1, 0.15) is 0 Å². The Bertz CT molecular complexity index is 288. The molecule has 0 spiro atoms. The quantitative estimate of drug-likeness (QED) is 0.766. The summed E-state index contributed by atoms with van der Waals surface area (Å²) in [5.74, 6) is 0. The highest BCUT2D eigenvalue weighted by molar-refractivity contribution is 7.96. The Morgan fingerprint density at radius 3 is 2.47 bits per heavy atom. The summed E-state index contributed by atoms with van der Waals surface area (Å²) in [7, 11) is 0. The highest BCUT2D eigenvalue weighted by atomic mass is 32.2. The lowest BCUT2D eigenvalue weighted by atomic mass is 9.82. The lowest BCUT2D eigenvalue weighted by Crippen LogP contribution is -2.47. The van der Waals surface area contributed by atoms with Crippen molar-refractivity contribution in [1.82, 2.24) is 10.0 Å². The topological polar surface area (TPSA) is 24.1 Å². The number of piperidine rings is 1. The first kappa shape index (κ1) is 11.0. The third-order valence-corrected chi connectivity index (χ3v) is 3.68. The highest BCUT2D eigenvalue weighted by Crippen LogP contribution is 2.31. The van der Waals surface area contributed by atoms with Crippen LogP contribution in [0.15, 0.2) is 30.3 Å². The first-order valence-electron chi connectivity index (χ1n) is 5.44. The molecule has 82 valence electrons. The summed E-state index contributed by atoms with van der Waals surface area (Å²) in [5, 5.41) is 3.42. The maximum Gasteiger partial charge on any atom is 0.0555 e. The van der Waals surface area contributed by atoms with Crippen molar-refractivity contribution in [3.05, 3.63) is 35.9 Å². The number of hydrogen-bond acceptors (Lipinski definition) is 3. The smallest absolute Gasteiger partial charge is 0.0555 e. The van der Waals surface area contributed by atoms with E-state index in [1.54, 1.807) is 11.9 Å². The molecule has 0 radical (unpaired) electrons. The molecule has 2 rings (SSSR count). The molecule has 0 aromatic heterocycles. The predicted octanol–water partition coefficient (Wildman–Crippen LogP) is 2.13. The Morgan fingerprint density at radius 2 is 1.87 bits per heavy atom. The van der Waals surface area contributed by atoms with Crippen molar-refractivity contribution in [2.24, 2.45) is 0 Å². The van der Waals surface area contributed by atoms with Crippen LogP contribution >= 0.6 is 11.9 Å². The number of rotatable bonds is 3. The van der Waals surface area contributed by atoms with Gasteiger partial charge in [-0.3, -0.25) is 4.72 Å². The zero-order valence-electron chi connectivity index (χ0n) is 9.12. The van der Waals surface area contributed by atoms with E-state index in [-0.39, 0.29) is 5.54 Å². The van der Waals surface area contributed by atoms with Crippen molar-refractivity contribution in [1.29, 1.82) is 0 Å². The first-order valence-corrected chi connectivity index (χ1v) is 6.66. The van der Waals surface area contributed by atoms with Crippen LogP contribution in [0.3, 0.4) is 0 Å². The first-order chi connectivity index (χ1) is 7.37. The van der Waals surface area contributed by atoms with E-state index in [4.69, 9.17) is 0 Å². The van der Waals surface area contributed by atoms with E-state index in [1.165, 1.54) is 5.56 Å². The molecule has 0 amide bonds. The molecule has 0 unspecified atom stereocenters. The summed E-state index contributed by atoms with van der Waals surface area (Å²) >= 11 is 1.72. The summed E-state index contributed by atoms with van der Waals surface area (Å²) in [6, 6.07) is 10.8. The Hall–Kier alpha value is -0.510. The fourth-order valence-corrected chi connectivity index (χ4v) is 2.97. The van der Waals surface area contributed by atoms with Gasteiger partial charge in [0.2, 0.25) is 0 Å². The second-order valence-corrected chi connectivity index (χ2v) is 4.62. The Labute approximate surface area is 96.0 Å². The third-order valence-electron chi connectivity index (χ3n) is 3.08. The van der Waals surface area contributed by atoms with Gasteiger partial charge in [0.05, 0.1) is 5.54 Å². The Kier molecular flexibility index (Phi) is 3.67. The summed E-state index contributed by atoms with van der Waals surface area (Å²) < 4.78 is 3.59. The van der Waals surface area contributed by atoms with Crippen molar-refractivity contribution < 1.29 is 0 Å². The molecule has 0 bridgehead atoms. The second-order valence-electron chi connectivity index (χ2n) is 4.00. The van der Waals surface area contributed by atoms with E-state index in [9.17, 15) is 0 Å². The molecule has 1 aromatic rings. The van der Waals surface area contributed by atoms with Crippen LogP contribution in [-0.4, -0.2) is 19.3 Å². The summed E-state index contributed by atoms with van der Waals surface area (Å²) in [5.41, 5.74) is 1.59. The van der Waals surface area contributed by atoms with Crippen LogP contribution in [0.5, 0.6) is 0 Å². The van der Waals surface area contributed by atoms with Crippen LogP contribution in [-0.2, 0) is 5.54 Å². The summed E-state index contributed by atoms with van der Waals surface area (Å²) in [6.07, 6.45) is 4.43. The van der Waals surface area contributed by atoms with Crippen molar-refractivity contribution in [2.45, 2.75) is 18.4 Å². The zero-order valence-corrected chi connectivity index (χ0v) is 9.94. The van der Waals surface area contributed by atoms with Crippen molar-refractivity contribution >= 4 is 11.9 Å². The van der Waals surface area contributed by atoms with Gasteiger partial charge in [-0.05, 0) is 37.8 Å². The normalized spacial score (nSPS) is 20.1. The molecular weight excluding hydrogens is 204 g/mol. The van der Waals surface area contributed by atoms with Crippen LogP contribution in [0.4, 0.5) is 0 Å². The molecule has 3 heteroatoms. The van der Waals surface area contributed by atoms with Crippen molar-refractivity contribution in [3.63, 3.8) is 0 Å². The third kappa shape index (κ3) is 2.36. The minimum Gasteiger partial charge on any atom is -0.317 e. The van der Waals surface area contributed by atoms with Crippen molar-refractivity contribution in [3.8, 4) is 0 Å². The average molecular weight is 222 g/mol. The van der Waals surface area contributed by atoms with Gasteiger partial charge < -0.3 is 5.32 Å². The Morgan fingerprint density at radius 1 is 1.20 bits per heavy atom. The lowest BCUT2D eigenvalue weighted by Gasteiger charge is -2.38. The number of nitrogens with one attached hydrogen (secondary N) is 2. The predicted molar refractivity (Wildman–Crippen MR) is 66.9 cm³/mol. The summed E-state index contributed by atoms with van der Waals surface area (Å²) in [6.45, 7) is 2.20. The molecule has 0 aliphatic carbocycles. The van der Waals surface area contributed by atoms with E-state index < -0.39 is 0 Å². The molecule has 1 aliphatic heterocycles. The molecule has 2 nitrogen and oxygen atoms in total. The minimum atomic E-state index is 0.173. The molecule has 2 N–H and O–H groups in total. The number of hydrogen-bond donors (Lipinski definition) is 2. The molecule has 1 aliphatic rings. The van der Waals surface area contributed by atoms with Gasteiger partial charge in [0.15, 0.2) is 0 Å². The average Bonchev–Trinajstić information content (AvgIpc) is 2.32. The van der Waals surface area contributed by atoms with E-state index in [2.05, 4.69) is 46.6 Å². The van der Waals surface area contributed by atoms with Crippen LogP contribution in [0, 0.1) is 0 Å². The van der Waals surface area contributed by atoms with Gasteiger partial charge in [-0.25, -0.2) is 0 Å². The van der Waals surface area contributed by atoms with Crippen LogP contribution in [0.25, 0.3) is 0 Å². The van der Waals surface area contributed by atoms with Gasteiger partial charge in [-0.1, -0.05) is 42.3 Å². The molecule has 1 heterocycles. The monoisotopic (exact) mass is 222 g/mol. The van der Waals surface area contributed by atoms with Gasteiger partial charge in [0, 0.05) is 0 Å². The van der Waals surface area contributed by atoms with Gasteiger partial charge >= 0.3 is 0 Å². The fraction of sp³-hybridized carbons (Fsp3) is 0.500. The molecule has 0 saturated carbocycles. The van der Waals surface area contributed by atoms with Gasteiger partial charge in [-0.2, -0.15) is 0 Å². The minimum absolute atomic E-state index is 0.173. The lowest BCUT2D eigenvalue weighted by molar-refractivity contribution is 0.295. The summed E-state index contributed by atoms with van der Waals surface area (Å²) in [4.78, 5) is 0. The van der Waals surface area contributed by atoms with Crippen molar-refractivity contribution in [2.75, 3.05) is 19.3 Å². The molecule has 1 saturated heterocycles. The van der Waals surface area contributed by atoms with Gasteiger partial charge in [-0.15, -0.1) is 0 Å². The van der Waals surface area contributed by atoms with E-state index in [0.717, 1.165) is 25.9 Å². The maximum atomic E-state index is 3.59. The SMILES string of the molecule is CSNC1(c2ccccc2)CCNCC1. The molecule has 1 fully saturated rings. The largest absolute Gasteiger partial charge is 0.317 e. The number of benzene rings is 1. The van der Waals surface area contributed by atoms with Crippen LogP contribution in [0.2, 0.25) is 0 Å². The zero-order chi connectivity index (χ0) is 10.6. The highest BCUT2D eigenvalue weighted by Gasteiger charge is 2.32. The van der Waals surface area contributed by atoms with E-state index in [0.29, 0.717) is 0 Å². The van der Waals surface area contributed by atoms with Gasteiger partial charge in [0.25, 0.3) is 0 Å². The van der Waals surface area contributed by atoms with E-state index in [1.807, 2.05) is 0 Å².